The molecule has 3 aliphatic carbocycles. The molecule has 3 saturated heterocycles. The number of likely N-dealkylation sites (tertiary alicyclic amines) is 3. The van der Waals surface area contributed by atoms with Crippen LogP contribution < -0.4 is 16.8 Å². The lowest BCUT2D eigenvalue weighted by Gasteiger charge is -2.33. The van der Waals surface area contributed by atoms with E-state index in [1.165, 1.54) is 26.2 Å². The van der Waals surface area contributed by atoms with Crippen LogP contribution in [0, 0.1) is 35.5 Å². The molecular weight excluding hydrogens is 500 g/mol. The molecule has 8 nitrogen and oxygen atoms in total. The van der Waals surface area contributed by atoms with Crippen LogP contribution in [0.1, 0.15) is 83.1 Å². The summed E-state index contributed by atoms with van der Waals surface area (Å²) in [6, 6.07) is 1.40. The first-order valence-corrected chi connectivity index (χ1v) is 15.8. The van der Waals surface area contributed by atoms with Gasteiger partial charge in [0, 0.05) is 74.0 Å². The van der Waals surface area contributed by atoms with Crippen molar-refractivity contribution in [1.82, 2.24) is 20.0 Å². The molecule has 5 N–H and O–H groups in total. The number of nitrogens with one attached hydrogen (secondary N) is 1. The third-order valence-electron chi connectivity index (χ3n) is 10.2. The minimum atomic E-state index is -0.411. The Morgan fingerprint density at radius 2 is 0.850 bits per heavy atom. The highest BCUT2D eigenvalue weighted by Gasteiger charge is 2.58. The van der Waals surface area contributed by atoms with Crippen molar-refractivity contribution < 1.29 is 9.53 Å². The van der Waals surface area contributed by atoms with Crippen molar-refractivity contribution in [3.05, 3.63) is 0 Å². The molecule has 232 valence electrons. The van der Waals surface area contributed by atoms with Crippen molar-refractivity contribution in [3.63, 3.8) is 0 Å². The minimum absolute atomic E-state index is 0.240. The molecule has 8 heteroatoms. The van der Waals surface area contributed by atoms with Gasteiger partial charge in [-0.25, -0.2) is 4.79 Å². The summed E-state index contributed by atoms with van der Waals surface area (Å²) in [7, 11) is 0. The zero-order valence-corrected chi connectivity index (χ0v) is 27.8. The molecule has 6 aliphatic rings. The predicted octanol–water partition coefficient (Wildman–Crippen LogP) is 3.59. The first-order valence-electron chi connectivity index (χ1n) is 15.8. The zero-order valence-electron chi connectivity index (χ0n) is 27.8. The molecule has 3 unspecified atom stereocenters. The molecule has 0 aromatic heterocycles. The predicted molar refractivity (Wildman–Crippen MR) is 164 cm³/mol. The molecule has 0 spiro atoms. The van der Waals surface area contributed by atoms with Crippen molar-refractivity contribution in [2.75, 3.05) is 39.3 Å². The van der Waals surface area contributed by atoms with Gasteiger partial charge in [0.15, 0.2) is 0 Å². The first kappa shape index (κ1) is 32.0. The number of piperidine rings is 3. The third kappa shape index (κ3) is 7.52. The summed E-state index contributed by atoms with van der Waals surface area (Å²) in [4.78, 5) is 19.3. The van der Waals surface area contributed by atoms with Crippen molar-refractivity contribution in [3.8, 4) is 0 Å². The summed E-state index contributed by atoms with van der Waals surface area (Å²) in [6.07, 6.45) is -0.274. The Morgan fingerprint density at radius 3 is 1.10 bits per heavy atom. The maximum Gasteiger partial charge on any atom is 0.407 e. The van der Waals surface area contributed by atoms with Crippen LogP contribution in [0.2, 0.25) is 0 Å². The molecule has 3 heterocycles. The van der Waals surface area contributed by atoms with Gasteiger partial charge in [-0.1, -0.05) is 0 Å². The SMILES string of the molecule is CC(C)(C)N1C[C@@H]2C(N)[C@@H]2C1.CC(C)(C)N1C[C@@H]2C(N)[C@@H]2C1.CC(C)(C)OC(=O)NC1[C@H]2CN(C(C)(C)C)C[C@@H]12. The van der Waals surface area contributed by atoms with E-state index in [1.807, 2.05) is 20.8 Å². The van der Waals surface area contributed by atoms with Crippen molar-refractivity contribution >= 4 is 6.09 Å². The van der Waals surface area contributed by atoms with Crippen LogP contribution >= 0.6 is 0 Å². The van der Waals surface area contributed by atoms with Gasteiger partial charge in [-0.05, 0) is 119 Å². The van der Waals surface area contributed by atoms with Crippen LogP contribution in [0.3, 0.4) is 0 Å². The number of fused-ring (bicyclic) bond motifs is 3. The summed E-state index contributed by atoms with van der Waals surface area (Å²) in [5.41, 5.74) is 12.2. The zero-order chi connectivity index (χ0) is 30.2. The first-order chi connectivity index (χ1) is 18.1. The molecule has 3 saturated carbocycles. The Morgan fingerprint density at radius 1 is 0.575 bits per heavy atom. The van der Waals surface area contributed by atoms with E-state index < -0.39 is 5.60 Å². The fourth-order valence-electron chi connectivity index (χ4n) is 6.97. The molecule has 1 amide bonds. The number of nitrogens with zero attached hydrogens (tertiary/aromatic N) is 3. The second kappa shape index (κ2) is 10.7. The number of carbonyl (C=O) groups excluding carboxylic acids is 1. The summed E-state index contributed by atoms with van der Waals surface area (Å²) in [5, 5.41) is 3.00. The molecular formula is C32H62N6O2. The Kier molecular flexibility index (Phi) is 8.52. The van der Waals surface area contributed by atoms with Gasteiger partial charge in [0.25, 0.3) is 0 Å². The molecule has 6 rings (SSSR count). The highest BCUT2D eigenvalue weighted by molar-refractivity contribution is 5.68. The summed E-state index contributed by atoms with van der Waals surface area (Å²) in [5.74, 6) is 4.56. The van der Waals surface area contributed by atoms with Gasteiger partial charge in [0.05, 0.1) is 0 Å². The molecule has 0 radical (unpaired) electrons. The number of alkyl carbamates (subject to hydrolysis) is 1. The van der Waals surface area contributed by atoms with E-state index >= 15 is 0 Å². The van der Waals surface area contributed by atoms with Gasteiger partial charge < -0.3 is 21.5 Å². The van der Waals surface area contributed by atoms with Gasteiger partial charge in [0.1, 0.15) is 5.60 Å². The molecule has 9 atom stereocenters. The number of amides is 1. The number of rotatable bonds is 1. The summed E-state index contributed by atoms with van der Waals surface area (Å²) < 4.78 is 5.28. The summed E-state index contributed by atoms with van der Waals surface area (Å²) >= 11 is 0. The molecule has 40 heavy (non-hydrogen) atoms. The largest absolute Gasteiger partial charge is 0.444 e. The van der Waals surface area contributed by atoms with E-state index in [4.69, 9.17) is 16.2 Å². The fraction of sp³-hybridized carbons (Fsp3) is 0.969. The maximum absolute atomic E-state index is 11.7. The van der Waals surface area contributed by atoms with Gasteiger partial charge in [0.2, 0.25) is 0 Å². The van der Waals surface area contributed by atoms with Gasteiger partial charge in [-0.15, -0.1) is 0 Å². The van der Waals surface area contributed by atoms with E-state index in [0.29, 0.717) is 41.0 Å². The van der Waals surface area contributed by atoms with E-state index in [9.17, 15) is 4.79 Å². The standard InChI is InChI=1S/C14H26N2O2.2C9H18N2/c1-13(2,3)16-7-9-10(8-16)11(9)15-12(17)18-14(4,5)6;2*1-9(2,3)11-4-6-7(5-11)8(6)10/h9-11H,7-8H2,1-6H3,(H,15,17);2*6-8H,4-5,10H2,1-3H3/t9-,10+,11?;2*6-,7+,8?. The second-order valence-corrected chi connectivity index (χ2v) is 17.5. The highest BCUT2D eigenvalue weighted by Crippen LogP contribution is 2.48. The molecule has 0 aromatic rings. The lowest BCUT2D eigenvalue weighted by atomic mass is 10.1. The molecule has 6 fully saturated rings. The lowest BCUT2D eigenvalue weighted by molar-refractivity contribution is 0.0508. The fourth-order valence-corrected chi connectivity index (χ4v) is 6.97. The second-order valence-electron chi connectivity index (χ2n) is 17.5. The van der Waals surface area contributed by atoms with E-state index in [-0.39, 0.29) is 11.6 Å². The quantitative estimate of drug-likeness (QED) is 0.449. The van der Waals surface area contributed by atoms with Gasteiger partial charge >= 0.3 is 6.09 Å². The Labute approximate surface area is 245 Å². The van der Waals surface area contributed by atoms with Crippen LogP contribution in [0.15, 0.2) is 0 Å². The number of hydrogen-bond acceptors (Lipinski definition) is 7. The van der Waals surface area contributed by atoms with Gasteiger partial charge in [-0.2, -0.15) is 0 Å². The van der Waals surface area contributed by atoms with E-state index in [0.717, 1.165) is 36.8 Å². The Bertz CT molecular complexity index is 836. The topological polar surface area (TPSA) is 100 Å². The van der Waals surface area contributed by atoms with Gasteiger partial charge in [-0.3, -0.25) is 14.7 Å². The lowest BCUT2D eigenvalue weighted by Crippen LogP contribution is -2.44. The van der Waals surface area contributed by atoms with Crippen LogP contribution in [0.4, 0.5) is 4.79 Å². The molecule has 3 aliphatic heterocycles. The third-order valence-corrected chi connectivity index (χ3v) is 10.2. The minimum Gasteiger partial charge on any atom is -0.444 e. The Balaban J connectivity index is 0.000000145. The molecule has 0 aromatic carbocycles. The summed E-state index contributed by atoms with van der Waals surface area (Å²) in [6.45, 7) is 33.2. The number of hydrogen-bond donors (Lipinski definition) is 3. The number of carbonyl (C=O) groups is 1. The number of ether oxygens (including phenoxy) is 1. The maximum atomic E-state index is 11.7. The van der Waals surface area contributed by atoms with Crippen LogP contribution in [0.25, 0.3) is 0 Å². The monoisotopic (exact) mass is 562 g/mol. The highest BCUT2D eigenvalue weighted by atomic mass is 16.6. The smallest absolute Gasteiger partial charge is 0.407 e. The average molecular weight is 563 g/mol. The van der Waals surface area contributed by atoms with Crippen LogP contribution in [0.5, 0.6) is 0 Å². The Hall–Kier alpha value is -0.930. The molecule has 0 bridgehead atoms. The van der Waals surface area contributed by atoms with E-state index in [2.05, 4.69) is 82.3 Å². The average Bonchev–Trinajstić information content (AvgIpc) is 3.51. The van der Waals surface area contributed by atoms with Crippen molar-refractivity contribution in [1.29, 1.82) is 0 Å². The van der Waals surface area contributed by atoms with Crippen LogP contribution in [-0.2, 0) is 4.74 Å². The van der Waals surface area contributed by atoms with Crippen molar-refractivity contribution in [2.24, 2.45) is 47.0 Å². The number of nitrogens with two attached hydrogens (primary N) is 2. The van der Waals surface area contributed by atoms with Crippen molar-refractivity contribution in [2.45, 2.75) is 123 Å². The van der Waals surface area contributed by atoms with E-state index in [1.54, 1.807) is 0 Å². The normalized spacial score (nSPS) is 38.7. The van der Waals surface area contributed by atoms with Crippen LogP contribution in [-0.4, -0.2) is 100 Å².